The predicted molar refractivity (Wildman–Crippen MR) is 90.9 cm³/mol. The second kappa shape index (κ2) is 10.4. The minimum absolute atomic E-state index is 0.714. The topological polar surface area (TPSA) is 24.5 Å². The van der Waals surface area contributed by atoms with Crippen molar-refractivity contribution >= 4 is 0 Å². The van der Waals surface area contributed by atoms with Gasteiger partial charge in [-0.3, -0.25) is 4.90 Å². The van der Waals surface area contributed by atoms with Crippen LogP contribution in [0, 0.1) is 0 Å². The van der Waals surface area contributed by atoms with Crippen LogP contribution >= 0.6 is 0 Å². The van der Waals surface area contributed by atoms with Crippen LogP contribution in [0.15, 0.2) is 36.4 Å². The summed E-state index contributed by atoms with van der Waals surface area (Å²) in [6.45, 7) is 15.9. The van der Waals surface area contributed by atoms with Crippen molar-refractivity contribution < 1.29 is 4.74 Å². The van der Waals surface area contributed by atoms with Crippen molar-refractivity contribution in [2.24, 2.45) is 0 Å². The zero-order valence-corrected chi connectivity index (χ0v) is 13.8. The lowest BCUT2D eigenvalue weighted by Crippen LogP contribution is -2.29. The first-order chi connectivity index (χ1) is 10.2. The average molecular weight is 290 g/mol. The summed E-state index contributed by atoms with van der Waals surface area (Å²) in [5.74, 6) is 0.993. The molecule has 0 fully saturated rings. The molecule has 0 amide bonds. The first-order valence-corrected chi connectivity index (χ1v) is 7.95. The van der Waals surface area contributed by atoms with Gasteiger partial charge in [-0.1, -0.05) is 44.2 Å². The molecule has 3 nitrogen and oxygen atoms in total. The van der Waals surface area contributed by atoms with Crippen LogP contribution in [0.4, 0.5) is 0 Å². The van der Waals surface area contributed by atoms with Crippen LogP contribution in [0.5, 0.6) is 5.75 Å². The van der Waals surface area contributed by atoms with Gasteiger partial charge in [0, 0.05) is 25.2 Å². The molecule has 3 heteroatoms. The number of likely N-dealkylation sites (N-methyl/N-ethyl adjacent to an activating group) is 1. The summed E-state index contributed by atoms with van der Waals surface area (Å²) in [7, 11) is 0. The standard InChI is InChI=1S/C18H30N2O/c1-5-11-19-14-17-9-7-8-10-18(17)21-13-12-20(6-2)15-16(3)4/h7-10,19H,3,5-6,11-15H2,1-2,4H3. The number of ether oxygens (including phenoxy) is 1. The maximum absolute atomic E-state index is 5.97. The van der Waals surface area contributed by atoms with E-state index in [1.807, 2.05) is 6.07 Å². The van der Waals surface area contributed by atoms with Gasteiger partial charge in [0.25, 0.3) is 0 Å². The first kappa shape index (κ1) is 17.7. The van der Waals surface area contributed by atoms with Gasteiger partial charge in [-0.05, 0) is 32.5 Å². The van der Waals surface area contributed by atoms with Gasteiger partial charge in [0.2, 0.25) is 0 Å². The molecule has 1 rings (SSSR count). The maximum Gasteiger partial charge on any atom is 0.123 e. The Balaban J connectivity index is 2.45. The summed E-state index contributed by atoms with van der Waals surface area (Å²) in [5.41, 5.74) is 2.43. The van der Waals surface area contributed by atoms with Gasteiger partial charge in [-0.2, -0.15) is 0 Å². The Bertz CT molecular complexity index is 417. The van der Waals surface area contributed by atoms with Gasteiger partial charge < -0.3 is 10.1 Å². The summed E-state index contributed by atoms with van der Waals surface area (Å²) in [6.07, 6.45) is 1.15. The SMILES string of the molecule is C=C(C)CN(CC)CCOc1ccccc1CNCCC. The van der Waals surface area contributed by atoms with Crippen LogP contribution in [0.2, 0.25) is 0 Å². The fraction of sp³-hybridized carbons (Fsp3) is 0.556. The molecule has 0 aromatic heterocycles. The summed E-state index contributed by atoms with van der Waals surface area (Å²) in [5, 5.41) is 3.43. The molecular formula is C18H30N2O. The number of nitrogens with zero attached hydrogens (tertiary/aromatic N) is 1. The average Bonchev–Trinajstić information content (AvgIpc) is 2.47. The van der Waals surface area contributed by atoms with E-state index in [1.165, 1.54) is 11.1 Å². The van der Waals surface area contributed by atoms with E-state index in [9.17, 15) is 0 Å². The van der Waals surface area contributed by atoms with E-state index in [4.69, 9.17) is 4.74 Å². The molecule has 0 saturated heterocycles. The predicted octanol–water partition coefficient (Wildman–Crippen LogP) is 3.46. The molecule has 0 aliphatic rings. The van der Waals surface area contributed by atoms with E-state index in [0.29, 0.717) is 6.61 Å². The molecule has 0 unspecified atom stereocenters. The lowest BCUT2D eigenvalue weighted by molar-refractivity contribution is 0.225. The van der Waals surface area contributed by atoms with Crippen molar-refractivity contribution in [2.45, 2.75) is 33.7 Å². The highest BCUT2D eigenvalue weighted by molar-refractivity contribution is 5.33. The van der Waals surface area contributed by atoms with Crippen molar-refractivity contribution in [2.75, 3.05) is 32.8 Å². The largest absolute Gasteiger partial charge is 0.492 e. The summed E-state index contributed by atoms with van der Waals surface area (Å²) >= 11 is 0. The van der Waals surface area contributed by atoms with E-state index < -0.39 is 0 Å². The monoisotopic (exact) mass is 290 g/mol. The molecule has 1 aromatic carbocycles. The summed E-state index contributed by atoms with van der Waals surface area (Å²) in [4.78, 5) is 2.35. The summed E-state index contributed by atoms with van der Waals surface area (Å²) in [6, 6.07) is 8.28. The molecule has 0 aliphatic carbocycles. The van der Waals surface area contributed by atoms with Crippen LogP contribution in [0.25, 0.3) is 0 Å². The van der Waals surface area contributed by atoms with Gasteiger partial charge in [0.05, 0.1) is 0 Å². The number of nitrogens with one attached hydrogen (secondary N) is 1. The minimum Gasteiger partial charge on any atom is -0.492 e. The van der Waals surface area contributed by atoms with Crippen LogP contribution in [0.3, 0.4) is 0 Å². The fourth-order valence-electron chi connectivity index (χ4n) is 2.21. The number of hydrogen-bond acceptors (Lipinski definition) is 3. The molecule has 0 bridgehead atoms. The van der Waals surface area contributed by atoms with E-state index in [0.717, 1.165) is 44.9 Å². The Morgan fingerprint density at radius 3 is 2.71 bits per heavy atom. The molecule has 1 aromatic rings. The van der Waals surface area contributed by atoms with E-state index in [2.05, 4.69) is 55.8 Å². The molecule has 21 heavy (non-hydrogen) atoms. The van der Waals surface area contributed by atoms with Crippen LogP contribution in [-0.4, -0.2) is 37.7 Å². The van der Waals surface area contributed by atoms with Gasteiger partial charge in [-0.25, -0.2) is 0 Å². The molecule has 0 heterocycles. The Hall–Kier alpha value is -1.32. The van der Waals surface area contributed by atoms with Crippen molar-refractivity contribution in [3.05, 3.63) is 42.0 Å². The van der Waals surface area contributed by atoms with Crippen molar-refractivity contribution in [3.63, 3.8) is 0 Å². The fourth-order valence-corrected chi connectivity index (χ4v) is 2.21. The van der Waals surface area contributed by atoms with Crippen molar-refractivity contribution in [3.8, 4) is 5.75 Å². The van der Waals surface area contributed by atoms with Crippen LogP contribution in [-0.2, 0) is 6.54 Å². The zero-order valence-electron chi connectivity index (χ0n) is 13.8. The van der Waals surface area contributed by atoms with Crippen LogP contribution in [0.1, 0.15) is 32.8 Å². The molecule has 118 valence electrons. The maximum atomic E-state index is 5.97. The highest BCUT2D eigenvalue weighted by Crippen LogP contribution is 2.17. The quantitative estimate of drug-likeness (QED) is 0.499. The first-order valence-electron chi connectivity index (χ1n) is 7.95. The molecule has 0 aliphatic heterocycles. The molecule has 1 N–H and O–H groups in total. The minimum atomic E-state index is 0.714. The molecule has 0 saturated carbocycles. The van der Waals surface area contributed by atoms with E-state index in [-0.39, 0.29) is 0 Å². The van der Waals surface area contributed by atoms with Gasteiger partial charge >= 0.3 is 0 Å². The third-order valence-electron chi connectivity index (χ3n) is 3.32. The van der Waals surface area contributed by atoms with Crippen molar-refractivity contribution in [1.29, 1.82) is 0 Å². The number of hydrogen-bond donors (Lipinski definition) is 1. The Morgan fingerprint density at radius 2 is 2.05 bits per heavy atom. The molecule has 0 radical (unpaired) electrons. The molecule has 0 spiro atoms. The number of benzene rings is 1. The van der Waals surface area contributed by atoms with Crippen molar-refractivity contribution in [1.82, 2.24) is 10.2 Å². The normalized spacial score (nSPS) is 10.9. The molecule has 0 atom stereocenters. The Kier molecular flexibility index (Phi) is 8.79. The zero-order chi connectivity index (χ0) is 15.5. The Morgan fingerprint density at radius 1 is 1.29 bits per heavy atom. The van der Waals surface area contributed by atoms with Gasteiger partial charge in [0.15, 0.2) is 0 Å². The number of para-hydroxylation sites is 1. The lowest BCUT2D eigenvalue weighted by Gasteiger charge is -2.21. The second-order valence-corrected chi connectivity index (χ2v) is 5.46. The number of rotatable bonds is 11. The smallest absolute Gasteiger partial charge is 0.123 e. The van der Waals surface area contributed by atoms with E-state index >= 15 is 0 Å². The molecular weight excluding hydrogens is 260 g/mol. The van der Waals surface area contributed by atoms with E-state index in [1.54, 1.807) is 0 Å². The van der Waals surface area contributed by atoms with Gasteiger partial charge in [0.1, 0.15) is 12.4 Å². The van der Waals surface area contributed by atoms with Crippen LogP contribution < -0.4 is 10.1 Å². The van der Waals surface area contributed by atoms with Gasteiger partial charge in [-0.15, -0.1) is 0 Å². The third-order valence-corrected chi connectivity index (χ3v) is 3.32. The highest BCUT2D eigenvalue weighted by atomic mass is 16.5. The Labute approximate surface area is 130 Å². The second-order valence-electron chi connectivity index (χ2n) is 5.46. The summed E-state index contributed by atoms with van der Waals surface area (Å²) < 4.78 is 5.97. The lowest BCUT2D eigenvalue weighted by atomic mass is 10.2. The third kappa shape index (κ3) is 7.30. The highest BCUT2D eigenvalue weighted by Gasteiger charge is 2.05.